The van der Waals surface area contributed by atoms with Gasteiger partial charge in [0.05, 0.1) is 28.7 Å². The predicted molar refractivity (Wildman–Crippen MR) is 75.3 cm³/mol. The number of hydrogen-bond acceptors (Lipinski definition) is 4. The van der Waals surface area contributed by atoms with Gasteiger partial charge in [-0.25, -0.2) is 9.97 Å². The fourth-order valence-corrected chi connectivity index (χ4v) is 2.47. The van der Waals surface area contributed by atoms with Crippen LogP contribution in [0.3, 0.4) is 0 Å². The number of thiazole rings is 1. The Hall–Kier alpha value is -2.21. The van der Waals surface area contributed by atoms with Gasteiger partial charge in [0.2, 0.25) is 5.91 Å². The van der Waals surface area contributed by atoms with E-state index in [0.717, 1.165) is 28.2 Å². The van der Waals surface area contributed by atoms with Crippen LogP contribution in [-0.4, -0.2) is 20.9 Å². The van der Waals surface area contributed by atoms with Crippen molar-refractivity contribution in [1.29, 1.82) is 0 Å². The number of anilines is 1. The number of aromatic nitrogens is 3. The Morgan fingerprint density at radius 3 is 3.16 bits per heavy atom. The van der Waals surface area contributed by atoms with E-state index < -0.39 is 0 Å². The average molecular weight is 272 g/mol. The summed E-state index contributed by atoms with van der Waals surface area (Å²) >= 11 is 1.49. The molecule has 0 saturated heterocycles. The van der Waals surface area contributed by atoms with Gasteiger partial charge in [-0.15, -0.1) is 11.3 Å². The lowest BCUT2D eigenvalue weighted by Crippen LogP contribution is -2.14. The molecule has 2 heterocycles. The zero-order chi connectivity index (χ0) is 13.2. The Labute approximate surface area is 113 Å². The highest BCUT2D eigenvalue weighted by Crippen LogP contribution is 2.17. The second kappa shape index (κ2) is 4.81. The number of nitrogens with one attached hydrogen (secondary N) is 2. The van der Waals surface area contributed by atoms with Gasteiger partial charge in [0, 0.05) is 11.1 Å². The first-order valence-corrected chi connectivity index (χ1v) is 6.78. The third-order valence-electron chi connectivity index (χ3n) is 2.71. The maximum absolute atomic E-state index is 11.8. The SMILES string of the molecule is Cc1nc2ccc(NC(=O)Cc3cscn3)cc2[nH]1. The number of carbonyl (C=O) groups excluding carboxylic acids is 1. The van der Waals surface area contributed by atoms with Crippen LogP contribution in [0.5, 0.6) is 0 Å². The highest BCUT2D eigenvalue weighted by atomic mass is 32.1. The zero-order valence-electron chi connectivity index (χ0n) is 10.3. The van der Waals surface area contributed by atoms with Gasteiger partial charge >= 0.3 is 0 Å². The maximum atomic E-state index is 11.8. The summed E-state index contributed by atoms with van der Waals surface area (Å²) in [5.41, 5.74) is 5.10. The second-order valence-corrected chi connectivity index (χ2v) is 4.98. The number of rotatable bonds is 3. The van der Waals surface area contributed by atoms with E-state index >= 15 is 0 Å². The van der Waals surface area contributed by atoms with Gasteiger partial charge in [-0.1, -0.05) is 0 Å². The number of aromatic amines is 1. The van der Waals surface area contributed by atoms with Gasteiger partial charge < -0.3 is 10.3 Å². The van der Waals surface area contributed by atoms with E-state index in [4.69, 9.17) is 0 Å². The number of carbonyl (C=O) groups is 1. The van der Waals surface area contributed by atoms with Gasteiger partial charge in [-0.2, -0.15) is 0 Å². The number of hydrogen-bond donors (Lipinski definition) is 2. The highest BCUT2D eigenvalue weighted by Gasteiger charge is 2.07. The zero-order valence-corrected chi connectivity index (χ0v) is 11.1. The molecule has 0 aliphatic heterocycles. The molecule has 0 bridgehead atoms. The lowest BCUT2D eigenvalue weighted by molar-refractivity contribution is -0.115. The number of benzene rings is 1. The molecule has 1 aromatic carbocycles. The van der Waals surface area contributed by atoms with Gasteiger partial charge in [0.1, 0.15) is 5.82 Å². The van der Waals surface area contributed by atoms with Gasteiger partial charge in [-0.05, 0) is 25.1 Å². The maximum Gasteiger partial charge on any atom is 0.230 e. The summed E-state index contributed by atoms with van der Waals surface area (Å²) in [6.07, 6.45) is 0.295. The molecule has 6 heteroatoms. The molecule has 0 atom stereocenters. The monoisotopic (exact) mass is 272 g/mol. The summed E-state index contributed by atoms with van der Waals surface area (Å²) in [7, 11) is 0. The standard InChI is InChI=1S/C13H12N4OS/c1-8-15-11-3-2-9(4-12(11)16-8)17-13(18)5-10-6-19-7-14-10/h2-4,6-7H,5H2,1H3,(H,15,16)(H,17,18). The Morgan fingerprint density at radius 1 is 1.47 bits per heavy atom. The molecule has 0 saturated carbocycles. The minimum atomic E-state index is -0.0681. The van der Waals surface area contributed by atoms with Crippen molar-refractivity contribution in [2.45, 2.75) is 13.3 Å². The molecule has 5 nitrogen and oxygen atoms in total. The summed E-state index contributed by atoms with van der Waals surface area (Å²) in [5.74, 6) is 0.794. The first kappa shape index (κ1) is 11.9. The van der Waals surface area contributed by atoms with Gasteiger partial charge in [0.25, 0.3) is 0 Å². The fourth-order valence-electron chi connectivity index (χ4n) is 1.91. The van der Waals surface area contributed by atoms with Crippen LogP contribution >= 0.6 is 11.3 Å². The first-order valence-electron chi connectivity index (χ1n) is 5.84. The highest BCUT2D eigenvalue weighted by molar-refractivity contribution is 7.07. The smallest absolute Gasteiger partial charge is 0.230 e. The summed E-state index contributed by atoms with van der Waals surface area (Å²) in [5, 5.41) is 4.74. The molecule has 0 unspecified atom stereocenters. The minimum absolute atomic E-state index is 0.0681. The fraction of sp³-hybridized carbons (Fsp3) is 0.154. The van der Waals surface area contributed by atoms with E-state index in [1.54, 1.807) is 5.51 Å². The van der Waals surface area contributed by atoms with E-state index in [2.05, 4.69) is 20.3 Å². The lowest BCUT2D eigenvalue weighted by atomic mass is 10.2. The third kappa shape index (κ3) is 2.63. The van der Waals surface area contributed by atoms with E-state index in [0.29, 0.717) is 6.42 Å². The molecular weight excluding hydrogens is 260 g/mol. The van der Waals surface area contributed by atoms with Crippen molar-refractivity contribution in [3.05, 3.63) is 40.6 Å². The molecule has 2 aromatic heterocycles. The van der Waals surface area contributed by atoms with Crippen molar-refractivity contribution < 1.29 is 4.79 Å². The van der Waals surface area contributed by atoms with E-state index in [1.807, 2.05) is 30.5 Å². The van der Waals surface area contributed by atoms with Crippen molar-refractivity contribution in [2.75, 3.05) is 5.32 Å². The Balaban J connectivity index is 1.75. The number of H-pyrrole nitrogens is 1. The molecule has 1 amide bonds. The third-order valence-corrected chi connectivity index (χ3v) is 3.34. The number of imidazole rings is 1. The van der Waals surface area contributed by atoms with E-state index in [1.165, 1.54) is 11.3 Å². The number of amides is 1. The molecule has 3 rings (SSSR count). The van der Waals surface area contributed by atoms with Crippen molar-refractivity contribution in [3.63, 3.8) is 0 Å². The van der Waals surface area contributed by atoms with Crippen LogP contribution < -0.4 is 5.32 Å². The van der Waals surface area contributed by atoms with Crippen molar-refractivity contribution >= 4 is 34.0 Å². The number of aryl methyl sites for hydroxylation is 1. The van der Waals surface area contributed by atoms with Crippen LogP contribution in [0.1, 0.15) is 11.5 Å². The van der Waals surface area contributed by atoms with Crippen LogP contribution in [-0.2, 0) is 11.2 Å². The van der Waals surface area contributed by atoms with Gasteiger partial charge in [0.15, 0.2) is 0 Å². The molecule has 19 heavy (non-hydrogen) atoms. The normalized spacial score (nSPS) is 10.8. The summed E-state index contributed by atoms with van der Waals surface area (Å²) < 4.78 is 0. The predicted octanol–water partition coefficient (Wildman–Crippen LogP) is 2.51. The molecule has 3 aromatic rings. The van der Waals surface area contributed by atoms with Crippen molar-refractivity contribution in [1.82, 2.24) is 15.0 Å². The Kier molecular flexibility index (Phi) is 3.00. The number of nitrogens with zero attached hydrogens (tertiary/aromatic N) is 2. The lowest BCUT2D eigenvalue weighted by Gasteiger charge is -2.03. The summed E-state index contributed by atoms with van der Waals surface area (Å²) in [4.78, 5) is 23.4. The number of fused-ring (bicyclic) bond motifs is 1. The van der Waals surface area contributed by atoms with Crippen LogP contribution in [0.4, 0.5) is 5.69 Å². The summed E-state index contributed by atoms with van der Waals surface area (Å²) in [6.45, 7) is 1.90. The van der Waals surface area contributed by atoms with Gasteiger partial charge in [-0.3, -0.25) is 4.79 Å². The van der Waals surface area contributed by atoms with Crippen molar-refractivity contribution in [2.24, 2.45) is 0 Å². The topological polar surface area (TPSA) is 70.7 Å². The quantitative estimate of drug-likeness (QED) is 0.769. The molecule has 96 valence electrons. The largest absolute Gasteiger partial charge is 0.342 e. The average Bonchev–Trinajstić information content (AvgIpc) is 2.96. The molecule has 0 aliphatic rings. The molecule has 0 aliphatic carbocycles. The second-order valence-electron chi connectivity index (χ2n) is 4.26. The van der Waals surface area contributed by atoms with Crippen LogP contribution in [0.2, 0.25) is 0 Å². The van der Waals surface area contributed by atoms with E-state index in [-0.39, 0.29) is 5.91 Å². The first-order chi connectivity index (χ1) is 9.20. The Bertz CT molecular complexity index is 717. The molecular formula is C13H12N4OS. The Morgan fingerprint density at radius 2 is 2.37 bits per heavy atom. The van der Waals surface area contributed by atoms with E-state index in [9.17, 15) is 4.79 Å². The van der Waals surface area contributed by atoms with Crippen LogP contribution in [0, 0.1) is 6.92 Å². The molecule has 0 radical (unpaired) electrons. The molecule has 0 spiro atoms. The summed E-state index contributed by atoms with van der Waals surface area (Å²) in [6, 6.07) is 5.62. The van der Waals surface area contributed by atoms with Crippen LogP contribution in [0.15, 0.2) is 29.1 Å². The van der Waals surface area contributed by atoms with Crippen molar-refractivity contribution in [3.8, 4) is 0 Å². The molecule has 0 fully saturated rings. The van der Waals surface area contributed by atoms with Crippen LogP contribution in [0.25, 0.3) is 11.0 Å². The minimum Gasteiger partial charge on any atom is -0.342 e. The molecule has 2 N–H and O–H groups in total.